The lowest BCUT2D eigenvalue weighted by Crippen LogP contribution is -2.54. The van der Waals surface area contributed by atoms with Crippen LogP contribution in [-0.4, -0.2) is 42.4 Å². The Labute approximate surface area is 236 Å². The third-order valence-electron chi connectivity index (χ3n) is 5.48. The van der Waals surface area contributed by atoms with Crippen molar-refractivity contribution in [3.05, 3.63) is 92.0 Å². The van der Waals surface area contributed by atoms with Crippen LogP contribution in [0.2, 0.25) is 10.0 Å². The van der Waals surface area contributed by atoms with Crippen LogP contribution in [0.3, 0.4) is 0 Å². The normalized spacial score (nSPS) is 14.1. The summed E-state index contributed by atoms with van der Waals surface area (Å²) < 4.78 is 10.9. The van der Waals surface area contributed by atoms with Crippen molar-refractivity contribution in [2.24, 2.45) is 0 Å². The summed E-state index contributed by atoms with van der Waals surface area (Å²) >= 11 is 12.4. The molecule has 0 saturated carbocycles. The first-order valence-corrected chi connectivity index (χ1v) is 12.0. The summed E-state index contributed by atoms with van der Waals surface area (Å²) in [6.07, 6.45) is 1.19. The Morgan fingerprint density at radius 1 is 1.07 bits per heavy atom. The van der Waals surface area contributed by atoms with E-state index < -0.39 is 40.9 Å². The molecule has 204 valence electrons. The minimum atomic E-state index is -1.02. The highest BCUT2D eigenvalue weighted by molar-refractivity contribution is 6.39. The van der Waals surface area contributed by atoms with Gasteiger partial charge in [0.15, 0.2) is 18.1 Å². The molecule has 0 aliphatic carbocycles. The van der Waals surface area contributed by atoms with E-state index in [1.54, 1.807) is 24.3 Å². The van der Waals surface area contributed by atoms with Crippen LogP contribution in [-0.2, 0) is 14.4 Å². The Morgan fingerprint density at radius 2 is 1.77 bits per heavy atom. The molecule has 40 heavy (non-hydrogen) atoms. The van der Waals surface area contributed by atoms with E-state index in [9.17, 15) is 29.3 Å². The van der Waals surface area contributed by atoms with Gasteiger partial charge in [-0.2, -0.15) is 0 Å². The van der Waals surface area contributed by atoms with Crippen molar-refractivity contribution in [1.82, 2.24) is 5.32 Å². The molecule has 2 N–H and O–H groups in total. The third kappa shape index (κ3) is 6.03. The summed E-state index contributed by atoms with van der Waals surface area (Å²) in [5, 5.41) is 15.9. The first kappa shape index (κ1) is 28.1. The topological polar surface area (TPSA) is 157 Å². The molecule has 3 aromatic carbocycles. The zero-order valence-electron chi connectivity index (χ0n) is 20.5. The molecule has 1 heterocycles. The molecule has 0 bridgehead atoms. The van der Waals surface area contributed by atoms with E-state index in [0.717, 1.165) is 12.1 Å². The Bertz CT molecular complexity index is 1570. The van der Waals surface area contributed by atoms with E-state index in [2.05, 4.69) is 10.6 Å². The Kier molecular flexibility index (Phi) is 8.31. The quantitative estimate of drug-likeness (QED) is 0.168. The molecule has 0 unspecified atom stereocenters. The van der Waals surface area contributed by atoms with E-state index in [4.69, 9.17) is 32.7 Å². The summed E-state index contributed by atoms with van der Waals surface area (Å²) in [6.45, 7) is -0.436. The van der Waals surface area contributed by atoms with Gasteiger partial charge >= 0.3 is 6.03 Å². The lowest BCUT2D eigenvalue weighted by atomic mass is 10.1. The van der Waals surface area contributed by atoms with Crippen LogP contribution in [0.15, 0.2) is 66.2 Å². The summed E-state index contributed by atoms with van der Waals surface area (Å²) in [5.74, 6) is -2.31. The molecule has 0 spiro atoms. The molecule has 4 rings (SSSR count). The predicted octanol–water partition coefficient (Wildman–Crippen LogP) is 4.59. The second-order valence-electron chi connectivity index (χ2n) is 8.08. The number of anilines is 2. The van der Waals surface area contributed by atoms with Gasteiger partial charge in [-0.05, 0) is 48.0 Å². The number of nitro benzene ring substituents is 1. The predicted molar refractivity (Wildman–Crippen MR) is 146 cm³/mol. The van der Waals surface area contributed by atoms with E-state index in [-0.39, 0.29) is 33.5 Å². The number of carbonyl (C=O) groups excluding carboxylic acids is 4. The minimum absolute atomic E-state index is 0.00344. The monoisotopic (exact) mass is 584 g/mol. The van der Waals surface area contributed by atoms with Crippen molar-refractivity contribution in [2.75, 3.05) is 23.9 Å². The van der Waals surface area contributed by atoms with E-state index in [0.29, 0.717) is 15.6 Å². The number of nitro groups is 1. The number of urea groups is 1. The first-order valence-electron chi connectivity index (χ1n) is 11.3. The van der Waals surface area contributed by atoms with Crippen molar-refractivity contribution in [3.63, 3.8) is 0 Å². The van der Waals surface area contributed by atoms with Gasteiger partial charge in [-0.25, -0.2) is 9.69 Å². The van der Waals surface area contributed by atoms with Gasteiger partial charge in [-0.3, -0.25) is 29.8 Å². The van der Waals surface area contributed by atoms with E-state index in [1.807, 2.05) is 0 Å². The van der Waals surface area contributed by atoms with Crippen LogP contribution < -0.4 is 25.0 Å². The van der Waals surface area contributed by atoms with Crippen LogP contribution in [0.25, 0.3) is 6.08 Å². The zero-order valence-corrected chi connectivity index (χ0v) is 22.0. The lowest BCUT2D eigenvalue weighted by molar-refractivity contribution is -0.384. The number of nitrogens with one attached hydrogen (secondary N) is 2. The van der Waals surface area contributed by atoms with Crippen molar-refractivity contribution in [1.29, 1.82) is 0 Å². The van der Waals surface area contributed by atoms with Gasteiger partial charge in [0, 0.05) is 12.1 Å². The highest BCUT2D eigenvalue weighted by Crippen LogP contribution is 2.37. The molecule has 5 amide bonds. The van der Waals surface area contributed by atoms with Crippen molar-refractivity contribution in [2.45, 2.75) is 0 Å². The number of barbiturate groups is 1. The number of nitrogens with zero attached hydrogens (tertiary/aromatic N) is 2. The number of hydrogen-bond donors (Lipinski definition) is 2. The van der Waals surface area contributed by atoms with Gasteiger partial charge < -0.3 is 14.8 Å². The Hall–Kier alpha value is -4.94. The fourth-order valence-corrected chi connectivity index (χ4v) is 4.09. The van der Waals surface area contributed by atoms with Crippen LogP contribution in [0.4, 0.5) is 21.9 Å². The summed E-state index contributed by atoms with van der Waals surface area (Å²) in [7, 11) is 1.33. The molecular formula is C26H18Cl2N4O8. The van der Waals surface area contributed by atoms with Crippen molar-refractivity contribution >= 4 is 70.1 Å². The van der Waals surface area contributed by atoms with Crippen LogP contribution >= 0.6 is 23.2 Å². The molecule has 1 aliphatic rings. The number of amides is 5. The van der Waals surface area contributed by atoms with Crippen molar-refractivity contribution in [3.8, 4) is 11.5 Å². The number of imide groups is 2. The summed E-state index contributed by atoms with van der Waals surface area (Å²) in [5.41, 5.74) is -0.00340. The first-order chi connectivity index (χ1) is 19.1. The van der Waals surface area contributed by atoms with Gasteiger partial charge in [-0.15, -0.1) is 0 Å². The standard InChI is InChI=1S/C26H18Cl2N4O8/c1-39-21-12-14(11-19(28)23(21)40-13-22(33)29-20-5-3-2-4-18(20)27)10-17-24(34)30-26(36)31(25(17)35)15-6-8-16(9-7-15)32(37)38/h2-12H,13H2,1H3,(H,29,33)(H,30,34,36)/b17-10-. The molecule has 0 radical (unpaired) electrons. The molecule has 14 heteroatoms. The SMILES string of the molecule is COc1cc(/C=C2/C(=O)NC(=O)N(c3ccc([N+](=O)[O-])cc3)C2=O)cc(Cl)c1OCC(=O)Nc1ccccc1Cl. The second kappa shape index (κ2) is 11.8. The van der Waals surface area contributed by atoms with Gasteiger partial charge in [0.25, 0.3) is 23.4 Å². The van der Waals surface area contributed by atoms with E-state index >= 15 is 0 Å². The van der Waals surface area contributed by atoms with Gasteiger partial charge in [0.1, 0.15) is 5.57 Å². The molecule has 1 saturated heterocycles. The maximum Gasteiger partial charge on any atom is 0.335 e. The van der Waals surface area contributed by atoms with Gasteiger partial charge in [0.2, 0.25) is 0 Å². The molecule has 3 aromatic rings. The average molecular weight is 585 g/mol. The molecule has 0 aromatic heterocycles. The Balaban J connectivity index is 1.56. The third-order valence-corrected chi connectivity index (χ3v) is 6.09. The number of carbonyl (C=O) groups is 4. The number of methoxy groups -OCH3 is 1. The largest absolute Gasteiger partial charge is 0.493 e. The zero-order chi connectivity index (χ0) is 29.0. The number of rotatable bonds is 8. The molecule has 0 atom stereocenters. The second-order valence-corrected chi connectivity index (χ2v) is 8.90. The van der Waals surface area contributed by atoms with Crippen molar-refractivity contribution < 1.29 is 33.6 Å². The number of hydrogen-bond acceptors (Lipinski definition) is 8. The lowest BCUT2D eigenvalue weighted by Gasteiger charge is -2.26. The maximum absolute atomic E-state index is 13.1. The van der Waals surface area contributed by atoms with Gasteiger partial charge in [0.05, 0.1) is 33.5 Å². The number of ether oxygens (including phenoxy) is 2. The average Bonchev–Trinajstić information content (AvgIpc) is 2.91. The highest BCUT2D eigenvalue weighted by Gasteiger charge is 2.37. The Morgan fingerprint density at radius 3 is 2.42 bits per heavy atom. The molecule has 12 nitrogen and oxygen atoms in total. The maximum atomic E-state index is 13.1. The number of benzene rings is 3. The fraction of sp³-hybridized carbons (Fsp3) is 0.0769. The summed E-state index contributed by atoms with van der Waals surface area (Å²) in [6, 6.07) is 13.1. The number of para-hydroxylation sites is 1. The van der Waals surface area contributed by atoms with Crippen LogP contribution in [0, 0.1) is 10.1 Å². The molecule has 1 aliphatic heterocycles. The van der Waals surface area contributed by atoms with Gasteiger partial charge in [-0.1, -0.05) is 35.3 Å². The fourth-order valence-electron chi connectivity index (χ4n) is 3.63. The molecular weight excluding hydrogens is 567 g/mol. The number of halogens is 2. The number of non-ortho nitro benzene ring substituents is 1. The van der Waals surface area contributed by atoms with Crippen LogP contribution in [0.1, 0.15) is 5.56 Å². The molecule has 1 fully saturated rings. The van der Waals surface area contributed by atoms with E-state index in [1.165, 1.54) is 37.5 Å². The minimum Gasteiger partial charge on any atom is -0.493 e. The highest BCUT2D eigenvalue weighted by atomic mass is 35.5. The van der Waals surface area contributed by atoms with Crippen LogP contribution in [0.5, 0.6) is 11.5 Å². The smallest absolute Gasteiger partial charge is 0.335 e. The summed E-state index contributed by atoms with van der Waals surface area (Å²) in [4.78, 5) is 61.3.